The number of halogens is 1. The number of thiophene rings is 1. The lowest BCUT2D eigenvalue weighted by molar-refractivity contribution is -0.147. The van der Waals surface area contributed by atoms with E-state index in [0.29, 0.717) is 17.7 Å². The van der Waals surface area contributed by atoms with E-state index in [4.69, 9.17) is 4.74 Å². The zero-order chi connectivity index (χ0) is 20.7. The van der Waals surface area contributed by atoms with Crippen molar-refractivity contribution in [3.8, 4) is 0 Å². The Labute approximate surface area is 175 Å². The number of hydrogen-bond acceptors (Lipinski definition) is 6. The third-order valence-corrected chi connectivity index (χ3v) is 6.79. The van der Waals surface area contributed by atoms with Gasteiger partial charge < -0.3 is 10.1 Å². The van der Waals surface area contributed by atoms with Crippen molar-refractivity contribution in [1.82, 2.24) is 10.2 Å². The van der Waals surface area contributed by atoms with Crippen molar-refractivity contribution in [3.63, 3.8) is 0 Å². The third kappa shape index (κ3) is 4.30. The van der Waals surface area contributed by atoms with Gasteiger partial charge in [0, 0.05) is 0 Å². The molecule has 2 heterocycles. The number of esters is 1. The van der Waals surface area contributed by atoms with Crippen LogP contribution in [0, 0.1) is 11.3 Å². The van der Waals surface area contributed by atoms with Crippen LogP contribution in [0.25, 0.3) is 0 Å². The molecule has 0 radical (unpaired) electrons. The zero-order valence-electron chi connectivity index (χ0n) is 16.0. The summed E-state index contributed by atoms with van der Waals surface area (Å²) in [5.74, 6) is -1.22. The number of amides is 3. The second kappa shape index (κ2) is 7.59. The Morgan fingerprint density at radius 1 is 1.32 bits per heavy atom. The number of Topliss-reactive ketones (excluding diaryl/α,β-unsaturated/α-hetero) is 1. The highest BCUT2D eigenvalue weighted by Gasteiger charge is 2.56. The van der Waals surface area contributed by atoms with Gasteiger partial charge in [0.25, 0.3) is 5.91 Å². The molecular formula is C19H23BrN2O5S. The Morgan fingerprint density at radius 3 is 2.64 bits per heavy atom. The maximum atomic E-state index is 13.0. The molecule has 1 aromatic heterocycles. The molecule has 0 bridgehead atoms. The average molecular weight is 471 g/mol. The average Bonchev–Trinajstić information content (AvgIpc) is 3.08. The molecule has 7 nitrogen and oxygen atoms in total. The van der Waals surface area contributed by atoms with E-state index >= 15 is 0 Å². The molecule has 3 rings (SSSR count). The second-order valence-electron chi connectivity index (χ2n) is 8.45. The van der Waals surface area contributed by atoms with Crippen LogP contribution in [0.1, 0.15) is 49.7 Å². The summed E-state index contributed by atoms with van der Waals surface area (Å²) in [6.07, 6.45) is 2.06. The standard InChI is InChI=1S/C19H23BrN2O5S/c1-11-6-18(2,3)10-19(7-11)16(25)22(17(26)21-19)8-15(24)27-9-12(23)13-4-5-14(20)28-13/h4-5,11H,6-10H2,1-3H3,(H,21,26). The molecule has 9 heteroatoms. The van der Waals surface area contributed by atoms with E-state index in [1.165, 1.54) is 11.3 Å². The molecule has 1 aliphatic heterocycles. The largest absolute Gasteiger partial charge is 0.456 e. The maximum absolute atomic E-state index is 13.0. The number of ether oxygens (including phenoxy) is 1. The number of nitrogens with zero attached hydrogens (tertiary/aromatic N) is 1. The minimum absolute atomic E-state index is 0.0848. The predicted molar refractivity (Wildman–Crippen MR) is 107 cm³/mol. The topological polar surface area (TPSA) is 92.8 Å². The van der Waals surface area contributed by atoms with Crippen molar-refractivity contribution >= 4 is 51.0 Å². The molecule has 1 aromatic rings. The second-order valence-corrected chi connectivity index (χ2v) is 10.9. The fourth-order valence-electron chi connectivity index (χ4n) is 4.51. The van der Waals surface area contributed by atoms with Crippen LogP contribution in [-0.4, -0.2) is 47.3 Å². The fourth-order valence-corrected chi connectivity index (χ4v) is 5.82. The van der Waals surface area contributed by atoms with Gasteiger partial charge in [-0.05, 0) is 58.7 Å². The van der Waals surface area contributed by atoms with Crippen LogP contribution >= 0.6 is 27.3 Å². The molecular weight excluding hydrogens is 448 g/mol. The van der Waals surface area contributed by atoms with Crippen LogP contribution in [0.5, 0.6) is 0 Å². The molecule has 2 aliphatic rings. The van der Waals surface area contributed by atoms with Crippen LogP contribution in [0.2, 0.25) is 0 Å². The highest BCUT2D eigenvalue weighted by Crippen LogP contribution is 2.46. The van der Waals surface area contributed by atoms with Crippen LogP contribution in [-0.2, 0) is 14.3 Å². The minimum atomic E-state index is -0.961. The number of hydrogen-bond donors (Lipinski definition) is 1. The minimum Gasteiger partial charge on any atom is -0.456 e. The van der Waals surface area contributed by atoms with Crippen molar-refractivity contribution in [2.75, 3.05) is 13.2 Å². The molecule has 2 unspecified atom stereocenters. The van der Waals surface area contributed by atoms with Gasteiger partial charge in [0.05, 0.1) is 8.66 Å². The van der Waals surface area contributed by atoms with Gasteiger partial charge in [-0.25, -0.2) is 4.79 Å². The van der Waals surface area contributed by atoms with Crippen LogP contribution < -0.4 is 5.32 Å². The molecule has 28 heavy (non-hydrogen) atoms. The van der Waals surface area contributed by atoms with Gasteiger partial charge in [-0.1, -0.05) is 20.8 Å². The number of rotatable bonds is 5. The van der Waals surface area contributed by atoms with Crippen LogP contribution in [0.15, 0.2) is 15.9 Å². The lowest BCUT2D eigenvalue weighted by atomic mass is 9.64. The van der Waals surface area contributed by atoms with Crippen molar-refractivity contribution in [1.29, 1.82) is 0 Å². The van der Waals surface area contributed by atoms with E-state index in [-0.39, 0.29) is 23.0 Å². The Kier molecular flexibility index (Phi) is 5.69. The van der Waals surface area contributed by atoms with Gasteiger partial charge in [0.15, 0.2) is 6.61 Å². The van der Waals surface area contributed by atoms with Gasteiger partial charge in [0.1, 0.15) is 12.1 Å². The summed E-state index contributed by atoms with van der Waals surface area (Å²) in [6.45, 7) is 5.30. The summed E-state index contributed by atoms with van der Waals surface area (Å²) in [5.41, 5.74) is -1.05. The number of nitrogens with one attached hydrogen (secondary N) is 1. The summed E-state index contributed by atoms with van der Waals surface area (Å²) < 4.78 is 5.80. The maximum Gasteiger partial charge on any atom is 0.326 e. The van der Waals surface area contributed by atoms with Crippen molar-refractivity contribution in [2.24, 2.45) is 11.3 Å². The van der Waals surface area contributed by atoms with Gasteiger partial charge in [-0.15, -0.1) is 11.3 Å². The Bertz CT molecular complexity index is 836. The SMILES string of the molecule is CC1CC(C)(C)CC2(C1)NC(=O)N(CC(=O)OCC(=O)c1ccc(Br)s1)C2=O. The van der Waals surface area contributed by atoms with Gasteiger partial charge in [-0.3, -0.25) is 19.3 Å². The van der Waals surface area contributed by atoms with Gasteiger partial charge in [0.2, 0.25) is 5.78 Å². The summed E-state index contributed by atoms with van der Waals surface area (Å²) in [4.78, 5) is 50.9. The van der Waals surface area contributed by atoms with E-state index in [1.54, 1.807) is 12.1 Å². The lowest BCUT2D eigenvalue weighted by Crippen LogP contribution is -2.54. The van der Waals surface area contributed by atoms with Crippen LogP contribution in [0.3, 0.4) is 0 Å². The molecule has 2 fully saturated rings. The Morgan fingerprint density at radius 2 is 2.04 bits per heavy atom. The number of urea groups is 1. The zero-order valence-corrected chi connectivity index (χ0v) is 18.4. The molecule has 3 amide bonds. The summed E-state index contributed by atoms with van der Waals surface area (Å²) >= 11 is 4.51. The van der Waals surface area contributed by atoms with E-state index in [0.717, 1.165) is 15.1 Å². The molecule has 1 saturated carbocycles. The number of imide groups is 1. The van der Waals surface area contributed by atoms with E-state index < -0.39 is 30.7 Å². The molecule has 1 N–H and O–H groups in total. The number of ketones is 1. The molecule has 0 aromatic carbocycles. The van der Waals surface area contributed by atoms with Crippen molar-refractivity contribution < 1.29 is 23.9 Å². The monoisotopic (exact) mass is 470 g/mol. The van der Waals surface area contributed by atoms with E-state index in [2.05, 4.69) is 42.0 Å². The first-order chi connectivity index (χ1) is 13.0. The normalized spacial score (nSPS) is 26.4. The summed E-state index contributed by atoms with van der Waals surface area (Å²) in [7, 11) is 0. The third-order valence-electron chi connectivity index (χ3n) is 5.12. The Hall–Kier alpha value is -1.74. The van der Waals surface area contributed by atoms with Crippen LogP contribution in [0.4, 0.5) is 4.79 Å². The van der Waals surface area contributed by atoms with Gasteiger partial charge in [-0.2, -0.15) is 0 Å². The number of carbonyl (C=O) groups excluding carboxylic acids is 4. The molecule has 1 spiro atoms. The quantitative estimate of drug-likeness (QED) is 0.404. The molecule has 1 saturated heterocycles. The predicted octanol–water partition coefficient (Wildman–Crippen LogP) is 3.37. The first-order valence-corrected chi connectivity index (χ1v) is 10.7. The highest BCUT2D eigenvalue weighted by molar-refractivity contribution is 9.11. The highest BCUT2D eigenvalue weighted by atomic mass is 79.9. The Balaban J connectivity index is 1.61. The molecule has 152 valence electrons. The summed E-state index contributed by atoms with van der Waals surface area (Å²) in [6, 6.07) is 2.79. The smallest absolute Gasteiger partial charge is 0.326 e. The lowest BCUT2D eigenvalue weighted by Gasteiger charge is -2.43. The van der Waals surface area contributed by atoms with Gasteiger partial charge >= 0.3 is 12.0 Å². The van der Waals surface area contributed by atoms with Crippen molar-refractivity contribution in [2.45, 2.75) is 45.6 Å². The molecule has 2 atom stereocenters. The van der Waals surface area contributed by atoms with Crippen molar-refractivity contribution in [3.05, 3.63) is 20.8 Å². The first-order valence-electron chi connectivity index (χ1n) is 9.10. The fraction of sp³-hybridized carbons (Fsp3) is 0.579. The number of carbonyl (C=O) groups is 4. The molecule has 1 aliphatic carbocycles. The van der Waals surface area contributed by atoms with E-state index in [9.17, 15) is 19.2 Å². The summed E-state index contributed by atoms with van der Waals surface area (Å²) in [5, 5.41) is 2.81. The van der Waals surface area contributed by atoms with E-state index in [1.807, 2.05) is 0 Å². The first kappa shape index (κ1) is 21.0.